The quantitative estimate of drug-likeness (QED) is 0.941. The minimum Gasteiger partial charge on any atom is -0.493 e. The van der Waals surface area contributed by atoms with Gasteiger partial charge in [-0.2, -0.15) is 0 Å². The number of aryl methyl sites for hydroxylation is 1. The van der Waals surface area contributed by atoms with Crippen LogP contribution in [-0.4, -0.2) is 35.5 Å². The summed E-state index contributed by atoms with van der Waals surface area (Å²) in [6, 6.07) is 9.94. The van der Waals surface area contributed by atoms with Crippen molar-refractivity contribution in [2.24, 2.45) is 5.92 Å². The second-order valence-corrected chi connectivity index (χ2v) is 5.98. The number of carbonyl (C=O) groups excluding carboxylic acids is 1. The van der Waals surface area contributed by atoms with Crippen LogP contribution in [0.1, 0.15) is 28.8 Å². The zero-order chi connectivity index (χ0) is 15.4. The Balaban J connectivity index is 1.54. The van der Waals surface area contributed by atoms with Gasteiger partial charge >= 0.3 is 0 Å². The first-order chi connectivity index (χ1) is 10.7. The highest BCUT2D eigenvalue weighted by Crippen LogP contribution is 2.20. The summed E-state index contributed by atoms with van der Waals surface area (Å²) >= 11 is 0. The van der Waals surface area contributed by atoms with E-state index in [1.807, 2.05) is 23.1 Å². The van der Waals surface area contributed by atoms with Crippen LogP contribution in [0.4, 0.5) is 0 Å². The van der Waals surface area contributed by atoms with E-state index in [4.69, 9.17) is 4.74 Å². The lowest BCUT2D eigenvalue weighted by Gasteiger charge is -2.32. The molecule has 0 saturated carbocycles. The van der Waals surface area contributed by atoms with Gasteiger partial charge in [-0.05, 0) is 38.0 Å². The maximum Gasteiger partial charge on any atom is 0.255 e. The highest BCUT2D eigenvalue weighted by Gasteiger charge is 2.25. The summed E-state index contributed by atoms with van der Waals surface area (Å²) in [6.45, 7) is 4.34. The number of aromatic amines is 1. The van der Waals surface area contributed by atoms with E-state index in [-0.39, 0.29) is 5.91 Å². The number of carbonyl (C=O) groups is 1. The number of ether oxygens (including phenoxy) is 1. The third-order valence-corrected chi connectivity index (χ3v) is 4.16. The Morgan fingerprint density at radius 1 is 1.32 bits per heavy atom. The molecule has 2 aromatic rings. The average molecular weight is 298 g/mol. The van der Waals surface area contributed by atoms with Gasteiger partial charge < -0.3 is 14.6 Å². The Hall–Kier alpha value is -2.23. The van der Waals surface area contributed by atoms with Crippen LogP contribution >= 0.6 is 0 Å². The molecule has 1 aromatic carbocycles. The largest absolute Gasteiger partial charge is 0.493 e. The van der Waals surface area contributed by atoms with Crippen molar-refractivity contribution in [1.82, 2.24) is 9.88 Å². The summed E-state index contributed by atoms with van der Waals surface area (Å²) < 4.78 is 5.88. The molecule has 1 saturated heterocycles. The van der Waals surface area contributed by atoms with Crippen molar-refractivity contribution in [2.75, 3.05) is 19.7 Å². The molecule has 1 N–H and O–H groups in total. The third kappa shape index (κ3) is 3.50. The standard InChI is InChI=1S/C18H22N2O2/c1-14-4-6-17(7-5-14)22-13-15-3-2-10-20(12-15)18(21)16-8-9-19-11-16/h4-9,11,15,19H,2-3,10,12-13H2,1H3/t15-/m1/s1. The Morgan fingerprint density at radius 2 is 2.14 bits per heavy atom. The van der Waals surface area contributed by atoms with E-state index >= 15 is 0 Å². The van der Waals surface area contributed by atoms with Crippen LogP contribution in [0, 0.1) is 12.8 Å². The van der Waals surface area contributed by atoms with E-state index in [1.165, 1.54) is 5.56 Å². The number of rotatable bonds is 4. The van der Waals surface area contributed by atoms with Gasteiger partial charge in [0.05, 0.1) is 12.2 Å². The van der Waals surface area contributed by atoms with Crippen molar-refractivity contribution in [3.05, 3.63) is 53.9 Å². The number of hydrogen-bond donors (Lipinski definition) is 1. The number of piperidine rings is 1. The summed E-state index contributed by atoms with van der Waals surface area (Å²) in [6.07, 6.45) is 5.70. The fourth-order valence-electron chi connectivity index (χ4n) is 2.87. The lowest BCUT2D eigenvalue weighted by molar-refractivity contribution is 0.0633. The normalized spacial score (nSPS) is 18.2. The number of amides is 1. The van der Waals surface area contributed by atoms with E-state index in [0.717, 1.165) is 37.2 Å². The molecule has 1 fully saturated rings. The Bertz CT molecular complexity index is 605. The Kier molecular flexibility index (Phi) is 4.47. The van der Waals surface area contributed by atoms with Crippen LogP contribution in [0.25, 0.3) is 0 Å². The van der Waals surface area contributed by atoms with E-state index in [2.05, 4.69) is 24.0 Å². The van der Waals surface area contributed by atoms with Crippen molar-refractivity contribution in [1.29, 1.82) is 0 Å². The number of hydrogen-bond acceptors (Lipinski definition) is 2. The van der Waals surface area contributed by atoms with Crippen LogP contribution in [0.3, 0.4) is 0 Å². The van der Waals surface area contributed by atoms with Gasteiger partial charge in [0, 0.05) is 31.4 Å². The minimum atomic E-state index is 0.112. The van der Waals surface area contributed by atoms with Crippen molar-refractivity contribution in [2.45, 2.75) is 19.8 Å². The van der Waals surface area contributed by atoms with Crippen LogP contribution in [-0.2, 0) is 0 Å². The summed E-state index contributed by atoms with van der Waals surface area (Å²) in [5, 5.41) is 0. The predicted octanol–water partition coefficient (Wildman–Crippen LogP) is 3.25. The lowest BCUT2D eigenvalue weighted by atomic mass is 9.98. The SMILES string of the molecule is Cc1ccc(OC[C@@H]2CCCN(C(=O)c3cc[nH]c3)C2)cc1. The first-order valence-electron chi connectivity index (χ1n) is 7.84. The number of nitrogens with one attached hydrogen (secondary N) is 1. The minimum absolute atomic E-state index is 0.112. The van der Waals surface area contributed by atoms with Gasteiger partial charge in [-0.3, -0.25) is 4.79 Å². The molecular formula is C18H22N2O2. The molecule has 0 aliphatic carbocycles. The lowest BCUT2D eigenvalue weighted by Crippen LogP contribution is -2.41. The van der Waals surface area contributed by atoms with E-state index in [1.54, 1.807) is 12.4 Å². The van der Waals surface area contributed by atoms with Gasteiger partial charge in [0.15, 0.2) is 0 Å². The smallest absolute Gasteiger partial charge is 0.255 e. The van der Waals surface area contributed by atoms with E-state index < -0.39 is 0 Å². The number of H-pyrrole nitrogens is 1. The topological polar surface area (TPSA) is 45.3 Å². The maximum atomic E-state index is 12.4. The third-order valence-electron chi connectivity index (χ3n) is 4.16. The molecular weight excluding hydrogens is 276 g/mol. The van der Waals surface area contributed by atoms with Crippen molar-refractivity contribution in [3.8, 4) is 5.75 Å². The van der Waals surface area contributed by atoms with Crippen LogP contribution in [0.5, 0.6) is 5.75 Å². The monoisotopic (exact) mass is 298 g/mol. The van der Waals surface area contributed by atoms with Gasteiger partial charge in [-0.1, -0.05) is 17.7 Å². The molecule has 3 rings (SSSR count). The fraction of sp³-hybridized carbons (Fsp3) is 0.389. The molecule has 1 amide bonds. The van der Waals surface area contributed by atoms with Gasteiger partial charge in [-0.15, -0.1) is 0 Å². The second-order valence-electron chi connectivity index (χ2n) is 5.98. The first-order valence-corrected chi connectivity index (χ1v) is 7.84. The summed E-state index contributed by atoms with van der Waals surface area (Å²) in [4.78, 5) is 17.3. The molecule has 0 spiro atoms. The molecule has 1 aromatic heterocycles. The van der Waals surface area contributed by atoms with Gasteiger partial charge in [-0.25, -0.2) is 0 Å². The van der Waals surface area contributed by atoms with Gasteiger partial charge in [0.2, 0.25) is 0 Å². The zero-order valence-corrected chi connectivity index (χ0v) is 12.9. The Morgan fingerprint density at radius 3 is 2.86 bits per heavy atom. The highest BCUT2D eigenvalue weighted by molar-refractivity contribution is 5.94. The zero-order valence-electron chi connectivity index (χ0n) is 12.9. The van der Waals surface area contributed by atoms with Crippen molar-refractivity contribution < 1.29 is 9.53 Å². The molecule has 0 radical (unpaired) electrons. The molecule has 4 heteroatoms. The number of benzene rings is 1. The molecule has 1 aliphatic heterocycles. The molecule has 1 aliphatic rings. The summed E-state index contributed by atoms with van der Waals surface area (Å²) in [5.74, 6) is 1.42. The van der Waals surface area contributed by atoms with Crippen molar-refractivity contribution in [3.63, 3.8) is 0 Å². The van der Waals surface area contributed by atoms with E-state index in [0.29, 0.717) is 12.5 Å². The predicted molar refractivity (Wildman–Crippen MR) is 86.1 cm³/mol. The number of nitrogens with zero attached hydrogens (tertiary/aromatic N) is 1. The number of aromatic nitrogens is 1. The molecule has 4 nitrogen and oxygen atoms in total. The average Bonchev–Trinajstić information content (AvgIpc) is 3.08. The van der Waals surface area contributed by atoms with Crippen LogP contribution < -0.4 is 4.74 Å². The molecule has 2 heterocycles. The second kappa shape index (κ2) is 6.69. The van der Waals surface area contributed by atoms with E-state index in [9.17, 15) is 4.79 Å². The van der Waals surface area contributed by atoms with Crippen LogP contribution in [0.2, 0.25) is 0 Å². The summed E-state index contributed by atoms with van der Waals surface area (Å²) in [5.41, 5.74) is 1.97. The molecule has 116 valence electrons. The van der Waals surface area contributed by atoms with Gasteiger partial charge in [0.25, 0.3) is 5.91 Å². The summed E-state index contributed by atoms with van der Waals surface area (Å²) in [7, 11) is 0. The molecule has 0 bridgehead atoms. The number of likely N-dealkylation sites (tertiary alicyclic amines) is 1. The fourth-order valence-corrected chi connectivity index (χ4v) is 2.87. The Labute approximate surface area is 131 Å². The van der Waals surface area contributed by atoms with Gasteiger partial charge in [0.1, 0.15) is 5.75 Å². The molecule has 1 atom stereocenters. The highest BCUT2D eigenvalue weighted by atomic mass is 16.5. The van der Waals surface area contributed by atoms with Crippen molar-refractivity contribution >= 4 is 5.91 Å². The molecule has 22 heavy (non-hydrogen) atoms. The van der Waals surface area contributed by atoms with Crippen LogP contribution in [0.15, 0.2) is 42.7 Å². The first kappa shape index (κ1) is 14.7. The molecule has 0 unspecified atom stereocenters. The maximum absolute atomic E-state index is 12.4.